The van der Waals surface area contributed by atoms with Crippen molar-refractivity contribution >= 4 is 17.6 Å². The van der Waals surface area contributed by atoms with Gasteiger partial charge in [-0.1, -0.05) is 18.2 Å². The molecular formula is C15H21NO4. The molecule has 1 aromatic rings. The van der Waals surface area contributed by atoms with E-state index in [9.17, 15) is 9.59 Å². The highest BCUT2D eigenvalue weighted by Gasteiger charge is 2.26. The van der Waals surface area contributed by atoms with E-state index >= 15 is 0 Å². The van der Waals surface area contributed by atoms with Gasteiger partial charge in [-0.15, -0.1) is 0 Å². The van der Waals surface area contributed by atoms with E-state index in [2.05, 4.69) is 0 Å². The van der Waals surface area contributed by atoms with Crippen LogP contribution in [0.15, 0.2) is 18.2 Å². The highest BCUT2D eigenvalue weighted by Crippen LogP contribution is 2.24. The van der Waals surface area contributed by atoms with Crippen molar-refractivity contribution in [2.24, 2.45) is 0 Å². The van der Waals surface area contributed by atoms with Crippen molar-refractivity contribution < 1.29 is 19.1 Å². The molecule has 0 heterocycles. The standard InChI is InChI=1S/C15H21NO4/c1-5-20-15(18)14(17)16(9-10-19-4)13-11(2)7-6-8-12(13)3/h6-8H,5,9-10H2,1-4H3. The summed E-state index contributed by atoms with van der Waals surface area (Å²) in [5.41, 5.74) is 2.60. The Morgan fingerprint density at radius 3 is 2.30 bits per heavy atom. The minimum absolute atomic E-state index is 0.176. The van der Waals surface area contributed by atoms with Crippen LogP contribution >= 0.6 is 0 Å². The number of carbonyl (C=O) groups is 2. The van der Waals surface area contributed by atoms with Gasteiger partial charge >= 0.3 is 11.9 Å². The van der Waals surface area contributed by atoms with Crippen molar-refractivity contribution in [1.29, 1.82) is 0 Å². The molecule has 0 unspecified atom stereocenters. The van der Waals surface area contributed by atoms with E-state index < -0.39 is 11.9 Å². The second-order valence-electron chi connectivity index (χ2n) is 4.41. The molecule has 0 bridgehead atoms. The van der Waals surface area contributed by atoms with Crippen LogP contribution in [0.25, 0.3) is 0 Å². The van der Waals surface area contributed by atoms with Crippen LogP contribution < -0.4 is 4.90 Å². The van der Waals surface area contributed by atoms with Crippen LogP contribution in [-0.4, -0.2) is 38.7 Å². The number of para-hydroxylation sites is 1. The third-order valence-electron chi connectivity index (χ3n) is 2.92. The van der Waals surface area contributed by atoms with E-state index in [1.165, 1.54) is 4.90 Å². The zero-order valence-corrected chi connectivity index (χ0v) is 12.4. The molecule has 0 aliphatic rings. The maximum absolute atomic E-state index is 12.2. The van der Waals surface area contributed by atoms with E-state index in [0.717, 1.165) is 16.8 Å². The van der Waals surface area contributed by atoms with Crippen molar-refractivity contribution in [3.8, 4) is 0 Å². The molecule has 20 heavy (non-hydrogen) atoms. The first kappa shape index (κ1) is 16.2. The lowest BCUT2D eigenvalue weighted by molar-refractivity contribution is -0.153. The normalized spacial score (nSPS) is 10.2. The first-order valence-corrected chi connectivity index (χ1v) is 6.56. The fourth-order valence-electron chi connectivity index (χ4n) is 2.03. The predicted molar refractivity (Wildman–Crippen MR) is 76.8 cm³/mol. The number of methoxy groups -OCH3 is 1. The molecule has 0 N–H and O–H groups in total. The number of hydrogen-bond donors (Lipinski definition) is 0. The minimum atomic E-state index is -0.841. The molecule has 110 valence electrons. The summed E-state index contributed by atoms with van der Waals surface area (Å²) < 4.78 is 9.81. The molecule has 1 amide bonds. The number of benzene rings is 1. The first-order chi connectivity index (χ1) is 9.52. The molecule has 1 aromatic carbocycles. The lowest BCUT2D eigenvalue weighted by Gasteiger charge is -2.25. The largest absolute Gasteiger partial charge is 0.459 e. The summed E-state index contributed by atoms with van der Waals surface area (Å²) in [7, 11) is 1.55. The summed E-state index contributed by atoms with van der Waals surface area (Å²) in [4.78, 5) is 25.4. The predicted octanol–water partition coefficient (Wildman–Crippen LogP) is 1.85. The Bertz CT molecular complexity index is 465. The maximum Gasteiger partial charge on any atom is 0.397 e. The summed E-state index contributed by atoms with van der Waals surface area (Å²) in [6.45, 7) is 6.30. The van der Waals surface area contributed by atoms with Crippen molar-refractivity contribution in [3.05, 3.63) is 29.3 Å². The van der Waals surface area contributed by atoms with Crippen LogP contribution in [0, 0.1) is 13.8 Å². The van der Waals surface area contributed by atoms with Gasteiger partial charge in [-0.05, 0) is 31.9 Å². The third-order valence-corrected chi connectivity index (χ3v) is 2.92. The molecule has 0 saturated heterocycles. The summed E-state index contributed by atoms with van der Waals surface area (Å²) in [6, 6.07) is 5.72. The highest BCUT2D eigenvalue weighted by atomic mass is 16.5. The molecule has 0 saturated carbocycles. The molecular weight excluding hydrogens is 258 g/mol. The Labute approximate surface area is 119 Å². The maximum atomic E-state index is 12.2. The van der Waals surface area contributed by atoms with Gasteiger partial charge in [0.1, 0.15) is 0 Å². The van der Waals surface area contributed by atoms with Crippen LogP contribution in [0.5, 0.6) is 0 Å². The van der Waals surface area contributed by atoms with Gasteiger partial charge in [-0.3, -0.25) is 9.69 Å². The Kier molecular flexibility index (Phi) is 6.18. The van der Waals surface area contributed by atoms with Gasteiger partial charge in [-0.25, -0.2) is 4.79 Å². The molecule has 5 nitrogen and oxygen atoms in total. The summed E-state index contributed by atoms with van der Waals surface area (Å²) in [6.07, 6.45) is 0. The molecule has 0 aromatic heterocycles. The van der Waals surface area contributed by atoms with Crippen LogP contribution in [0.1, 0.15) is 18.1 Å². The molecule has 0 radical (unpaired) electrons. The van der Waals surface area contributed by atoms with Crippen LogP contribution in [0.3, 0.4) is 0 Å². The first-order valence-electron chi connectivity index (χ1n) is 6.56. The highest BCUT2D eigenvalue weighted by molar-refractivity contribution is 6.38. The summed E-state index contributed by atoms with van der Waals surface area (Å²) in [5.74, 6) is -1.51. The molecule has 5 heteroatoms. The number of aryl methyl sites for hydroxylation is 2. The Hall–Kier alpha value is -1.88. The molecule has 0 atom stereocenters. The molecule has 0 aliphatic carbocycles. The smallest absolute Gasteiger partial charge is 0.397 e. The second kappa shape index (κ2) is 7.65. The van der Waals surface area contributed by atoms with Gasteiger partial charge < -0.3 is 9.47 Å². The monoisotopic (exact) mass is 279 g/mol. The Balaban J connectivity index is 3.12. The Morgan fingerprint density at radius 2 is 1.80 bits per heavy atom. The number of nitrogens with zero attached hydrogens (tertiary/aromatic N) is 1. The third kappa shape index (κ3) is 3.81. The van der Waals surface area contributed by atoms with Crippen LogP contribution in [0.2, 0.25) is 0 Å². The summed E-state index contributed by atoms with van der Waals surface area (Å²) in [5, 5.41) is 0. The van der Waals surface area contributed by atoms with Gasteiger partial charge in [0.25, 0.3) is 0 Å². The van der Waals surface area contributed by atoms with Crippen LogP contribution in [0.4, 0.5) is 5.69 Å². The van der Waals surface area contributed by atoms with Gasteiger partial charge in [-0.2, -0.15) is 0 Å². The van der Waals surface area contributed by atoms with Gasteiger partial charge in [0.2, 0.25) is 0 Å². The summed E-state index contributed by atoms with van der Waals surface area (Å²) >= 11 is 0. The zero-order chi connectivity index (χ0) is 15.1. The number of anilines is 1. The number of amides is 1. The SMILES string of the molecule is CCOC(=O)C(=O)N(CCOC)c1c(C)cccc1C. The zero-order valence-electron chi connectivity index (χ0n) is 12.4. The lowest BCUT2D eigenvalue weighted by Crippen LogP contribution is -2.40. The number of carbonyl (C=O) groups excluding carboxylic acids is 2. The van der Waals surface area contributed by atoms with Crippen LogP contribution in [-0.2, 0) is 19.1 Å². The molecule has 1 rings (SSSR count). The fraction of sp³-hybridized carbons (Fsp3) is 0.467. The van der Waals surface area contributed by atoms with Crippen molar-refractivity contribution in [2.45, 2.75) is 20.8 Å². The van der Waals surface area contributed by atoms with E-state index in [-0.39, 0.29) is 6.61 Å². The Morgan fingerprint density at radius 1 is 1.20 bits per heavy atom. The number of rotatable bonds is 5. The quantitative estimate of drug-likeness (QED) is 0.609. The minimum Gasteiger partial charge on any atom is -0.459 e. The number of ether oxygens (including phenoxy) is 2. The topological polar surface area (TPSA) is 55.8 Å². The van der Waals surface area contributed by atoms with Gasteiger partial charge in [0.05, 0.1) is 18.9 Å². The number of hydrogen-bond acceptors (Lipinski definition) is 4. The second-order valence-corrected chi connectivity index (χ2v) is 4.41. The van der Waals surface area contributed by atoms with Crippen molar-refractivity contribution in [3.63, 3.8) is 0 Å². The molecule has 0 fully saturated rings. The van der Waals surface area contributed by atoms with E-state index in [4.69, 9.17) is 9.47 Å². The average molecular weight is 279 g/mol. The van der Waals surface area contributed by atoms with Crippen molar-refractivity contribution in [2.75, 3.05) is 31.8 Å². The molecule has 0 spiro atoms. The van der Waals surface area contributed by atoms with Gasteiger partial charge in [0.15, 0.2) is 0 Å². The van der Waals surface area contributed by atoms with Crippen molar-refractivity contribution in [1.82, 2.24) is 0 Å². The van der Waals surface area contributed by atoms with E-state index in [1.807, 2.05) is 32.0 Å². The number of esters is 1. The molecule has 0 aliphatic heterocycles. The fourth-order valence-corrected chi connectivity index (χ4v) is 2.03. The average Bonchev–Trinajstić information content (AvgIpc) is 2.41. The van der Waals surface area contributed by atoms with E-state index in [0.29, 0.717) is 13.2 Å². The lowest BCUT2D eigenvalue weighted by atomic mass is 10.1. The van der Waals surface area contributed by atoms with E-state index in [1.54, 1.807) is 14.0 Å². The van der Waals surface area contributed by atoms with Gasteiger partial charge in [0, 0.05) is 13.7 Å².